The molecule has 0 saturated carbocycles. The van der Waals surface area contributed by atoms with Gasteiger partial charge in [0.15, 0.2) is 0 Å². The van der Waals surface area contributed by atoms with Crippen LogP contribution < -0.4 is 5.43 Å². The van der Waals surface area contributed by atoms with Gasteiger partial charge in [-0.1, -0.05) is 41.9 Å². The van der Waals surface area contributed by atoms with Crippen LogP contribution in [0.5, 0.6) is 0 Å². The fourth-order valence-electron chi connectivity index (χ4n) is 3.04. The molecule has 0 spiro atoms. The Hall–Kier alpha value is -3.44. The van der Waals surface area contributed by atoms with Crippen LogP contribution in [0.4, 0.5) is 0 Å². The molecule has 1 N–H and O–H groups in total. The third kappa shape index (κ3) is 3.52. The van der Waals surface area contributed by atoms with Crippen LogP contribution >= 0.6 is 11.6 Å². The Balaban J connectivity index is 1.57. The van der Waals surface area contributed by atoms with Gasteiger partial charge in [0.1, 0.15) is 5.15 Å². The van der Waals surface area contributed by atoms with E-state index in [9.17, 15) is 4.79 Å². The predicted molar refractivity (Wildman–Crippen MR) is 112 cm³/mol. The summed E-state index contributed by atoms with van der Waals surface area (Å²) in [5.74, 6) is -0.304. The van der Waals surface area contributed by atoms with E-state index in [4.69, 9.17) is 11.6 Å². The molecule has 4 aromatic rings. The number of pyridine rings is 1. The molecule has 0 fully saturated rings. The van der Waals surface area contributed by atoms with Gasteiger partial charge in [0.05, 0.1) is 23.0 Å². The molecule has 0 aliphatic heterocycles. The van der Waals surface area contributed by atoms with Gasteiger partial charge in [-0.05, 0) is 42.8 Å². The van der Waals surface area contributed by atoms with Crippen LogP contribution in [-0.4, -0.2) is 21.7 Å². The lowest BCUT2D eigenvalue weighted by Crippen LogP contribution is -2.19. The van der Waals surface area contributed by atoms with Crippen molar-refractivity contribution in [1.82, 2.24) is 15.0 Å². The zero-order chi connectivity index (χ0) is 19.5. The largest absolute Gasteiger partial charge is 0.323 e. The highest BCUT2D eigenvalue weighted by molar-refractivity contribution is 6.32. The van der Waals surface area contributed by atoms with Crippen molar-refractivity contribution in [2.24, 2.45) is 5.10 Å². The first-order chi connectivity index (χ1) is 13.6. The van der Waals surface area contributed by atoms with Gasteiger partial charge < -0.3 is 4.57 Å². The zero-order valence-corrected chi connectivity index (χ0v) is 15.9. The number of nitrogens with zero attached hydrogens (tertiary/aromatic N) is 3. The Morgan fingerprint density at radius 1 is 1.11 bits per heavy atom. The van der Waals surface area contributed by atoms with Crippen molar-refractivity contribution in [1.29, 1.82) is 0 Å². The average Bonchev–Trinajstić information content (AvgIpc) is 3.24. The molecule has 0 radical (unpaired) electrons. The Kier molecular flexibility index (Phi) is 4.91. The molecule has 4 rings (SSSR count). The summed E-state index contributed by atoms with van der Waals surface area (Å²) < 4.78 is 1.88. The average molecular weight is 389 g/mol. The molecular formula is C22H17ClN4O. The Morgan fingerprint density at radius 3 is 2.71 bits per heavy atom. The van der Waals surface area contributed by atoms with Crippen molar-refractivity contribution < 1.29 is 4.79 Å². The molecule has 0 aliphatic rings. The van der Waals surface area contributed by atoms with Crippen LogP contribution in [0.2, 0.25) is 5.15 Å². The molecule has 28 heavy (non-hydrogen) atoms. The monoisotopic (exact) mass is 388 g/mol. The van der Waals surface area contributed by atoms with Crippen LogP contribution in [0, 0.1) is 6.92 Å². The maximum absolute atomic E-state index is 12.6. The first kappa shape index (κ1) is 17.9. The molecule has 0 atom stereocenters. The third-order valence-electron chi connectivity index (χ3n) is 4.43. The topological polar surface area (TPSA) is 59.3 Å². The molecule has 0 bridgehead atoms. The Bertz CT molecular complexity index is 1180. The fraction of sp³-hybridized carbons (Fsp3) is 0.0455. The summed E-state index contributed by atoms with van der Waals surface area (Å²) in [5.41, 5.74) is 6.42. The van der Waals surface area contributed by atoms with Crippen molar-refractivity contribution in [2.45, 2.75) is 6.92 Å². The van der Waals surface area contributed by atoms with Gasteiger partial charge in [0.25, 0.3) is 5.91 Å². The van der Waals surface area contributed by atoms with E-state index >= 15 is 0 Å². The molecule has 6 heteroatoms. The number of benzene rings is 2. The molecule has 2 aromatic heterocycles. The second-order valence-electron chi connectivity index (χ2n) is 6.32. The van der Waals surface area contributed by atoms with E-state index in [0.717, 1.165) is 22.2 Å². The standard InChI is InChI=1S/C22H17ClN4O/c1-15-7-6-8-16-13-17(21(23)25-20(15)16)14-24-26-22(28)18-9-2-3-10-19(18)27-11-4-5-12-27/h2-14H,1H3,(H,26,28)/b24-14-. The van der Waals surface area contributed by atoms with E-state index in [0.29, 0.717) is 16.3 Å². The highest BCUT2D eigenvalue weighted by Crippen LogP contribution is 2.22. The Morgan fingerprint density at radius 2 is 1.89 bits per heavy atom. The van der Waals surface area contributed by atoms with Crippen molar-refractivity contribution in [3.63, 3.8) is 0 Å². The van der Waals surface area contributed by atoms with Gasteiger partial charge in [-0.2, -0.15) is 5.10 Å². The molecule has 0 aliphatic carbocycles. The maximum atomic E-state index is 12.6. The number of carbonyl (C=O) groups is 1. The number of carbonyl (C=O) groups excluding carboxylic acids is 1. The third-order valence-corrected chi connectivity index (χ3v) is 4.73. The smallest absolute Gasteiger partial charge is 0.273 e. The summed E-state index contributed by atoms with van der Waals surface area (Å²) in [6, 6.07) is 19.0. The van der Waals surface area contributed by atoms with E-state index in [2.05, 4.69) is 15.5 Å². The van der Waals surface area contributed by atoms with Gasteiger partial charge in [-0.25, -0.2) is 10.4 Å². The summed E-state index contributed by atoms with van der Waals surface area (Å²) in [7, 11) is 0. The normalized spacial score (nSPS) is 11.2. The minimum absolute atomic E-state index is 0.304. The van der Waals surface area contributed by atoms with E-state index in [1.165, 1.54) is 6.21 Å². The number of hydrazone groups is 1. The van der Waals surface area contributed by atoms with E-state index < -0.39 is 0 Å². The molecule has 0 unspecified atom stereocenters. The zero-order valence-electron chi connectivity index (χ0n) is 15.1. The molecule has 1 amide bonds. The summed E-state index contributed by atoms with van der Waals surface area (Å²) in [4.78, 5) is 17.0. The summed E-state index contributed by atoms with van der Waals surface area (Å²) >= 11 is 6.28. The van der Waals surface area contributed by atoms with Crippen LogP contribution in [0.1, 0.15) is 21.5 Å². The van der Waals surface area contributed by atoms with Crippen molar-refractivity contribution in [2.75, 3.05) is 0 Å². The number of fused-ring (bicyclic) bond motifs is 1. The maximum Gasteiger partial charge on any atom is 0.273 e. The Labute approximate surface area is 167 Å². The van der Waals surface area contributed by atoms with E-state index in [1.54, 1.807) is 6.07 Å². The predicted octanol–water partition coefficient (Wildman–Crippen LogP) is 4.75. The van der Waals surface area contributed by atoms with Crippen molar-refractivity contribution >= 4 is 34.6 Å². The molecule has 5 nitrogen and oxygen atoms in total. The van der Waals surface area contributed by atoms with Crippen LogP contribution in [0.25, 0.3) is 16.6 Å². The number of nitrogens with one attached hydrogen (secondary N) is 1. The lowest BCUT2D eigenvalue weighted by molar-refractivity contribution is 0.0955. The van der Waals surface area contributed by atoms with Crippen LogP contribution in [-0.2, 0) is 0 Å². The van der Waals surface area contributed by atoms with Gasteiger partial charge in [0, 0.05) is 23.3 Å². The minimum Gasteiger partial charge on any atom is -0.323 e. The highest BCUT2D eigenvalue weighted by Gasteiger charge is 2.11. The fourth-order valence-corrected chi connectivity index (χ4v) is 3.23. The van der Waals surface area contributed by atoms with Gasteiger partial charge >= 0.3 is 0 Å². The molecule has 0 saturated heterocycles. The molecular weight excluding hydrogens is 372 g/mol. The van der Waals surface area contributed by atoms with Crippen molar-refractivity contribution in [3.05, 3.63) is 94.9 Å². The number of amides is 1. The first-order valence-electron chi connectivity index (χ1n) is 8.75. The van der Waals surface area contributed by atoms with E-state index in [-0.39, 0.29) is 5.91 Å². The van der Waals surface area contributed by atoms with Gasteiger partial charge in [-0.3, -0.25) is 4.79 Å². The minimum atomic E-state index is -0.304. The number of aromatic nitrogens is 2. The molecule has 2 aromatic carbocycles. The summed E-state index contributed by atoms with van der Waals surface area (Å²) in [6.07, 6.45) is 5.28. The van der Waals surface area contributed by atoms with Gasteiger partial charge in [-0.15, -0.1) is 0 Å². The van der Waals surface area contributed by atoms with Crippen LogP contribution in [0.15, 0.2) is 78.2 Å². The number of halogens is 1. The molecule has 2 heterocycles. The number of para-hydroxylation sites is 2. The second kappa shape index (κ2) is 7.66. The summed E-state index contributed by atoms with van der Waals surface area (Å²) in [5, 5.41) is 5.38. The molecule has 138 valence electrons. The number of hydrogen-bond donors (Lipinski definition) is 1. The van der Waals surface area contributed by atoms with Crippen LogP contribution in [0.3, 0.4) is 0 Å². The summed E-state index contributed by atoms with van der Waals surface area (Å²) in [6.45, 7) is 1.99. The number of aryl methyl sites for hydroxylation is 1. The quantitative estimate of drug-likeness (QED) is 0.311. The lowest BCUT2D eigenvalue weighted by Gasteiger charge is -2.09. The lowest BCUT2D eigenvalue weighted by atomic mass is 10.1. The number of hydrogen-bond acceptors (Lipinski definition) is 3. The number of rotatable bonds is 4. The van der Waals surface area contributed by atoms with Crippen molar-refractivity contribution in [3.8, 4) is 5.69 Å². The highest BCUT2D eigenvalue weighted by atomic mass is 35.5. The first-order valence-corrected chi connectivity index (χ1v) is 9.13. The SMILES string of the molecule is Cc1cccc2cc(/C=N\NC(=O)c3ccccc3-n3cccc3)c(Cl)nc12. The van der Waals surface area contributed by atoms with E-state index in [1.807, 2.05) is 78.5 Å². The van der Waals surface area contributed by atoms with Gasteiger partial charge in [0.2, 0.25) is 0 Å². The second-order valence-corrected chi connectivity index (χ2v) is 6.68.